The van der Waals surface area contributed by atoms with E-state index in [4.69, 9.17) is 13.9 Å². The summed E-state index contributed by atoms with van der Waals surface area (Å²) >= 11 is 0. The molecule has 24 heavy (non-hydrogen) atoms. The van der Waals surface area contributed by atoms with Gasteiger partial charge in [-0.25, -0.2) is 14.5 Å². The summed E-state index contributed by atoms with van der Waals surface area (Å²) in [5.41, 5.74) is 2.33. The van der Waals surface area contributed by atoms with Crippen molar-refractivity contribution in [2.45, 2.75) is 20.5 Å². The Bertz CT molecular complexity index is 1020. The summed E-state index contributed by atoms with van der Waals surface area (Å²) in [6.45, 7) is 4.17. The summed E-state index contributed by atoms with van der Waals surface area (Å²) in [4.78, 5) is 8.85. The minimum atomic E-state index is 0.269. The van der Waals surface area contributed by atoms with Crippen LogP contribution in [-0.4, -0.2) is 26.7 Å². The molecule has 0 saturated carbocycles. The zero-order chi connectivity index (χ0) is 16.7. The fourth-order valence-electron chi connectivity index (χ4n) is 2.57. The number of benzene rings is 1. The molecule has 0 atom stereocenters. The van der Waals surface area contributed by atoms with Crippen LogP contribution in [0.4, 0.5) is 0 Å². The Kier molecular flexibility index (Phi) is 3.34. The van der Waals surface area contributed by atoms with E-state index in [-0.39, 0.29) is 6.61 Å². The molecule has 0 aliphatic carbocycles. The van der Waals surface area contributed by atoms with Gasteiger partial charge in [0.25, 0.3) is 0 Å². The quantitative estimate of drug-likeness (QED) is 0.574. The lowest BCUT2D eigenvalue weighted by Gasteiger charge is -2.04. The largest absolute Gasteiger partial charge is 0.497 e. The molecule has 1 aromatic carbocycles. The molecule has 0 aliphatic rings. The number of methoxy groups -OCH3 is 1. The number of hydrogen-bond acceptors (Lipinski definition) is 6. The number of aryl methyl sites for hydroxylation is 2. The normalized spacial score (nSPS) is 11.3. The maximum Gasteiger partial charge on any atom is 0.231 e. The Balaban J connectivity index is 1.63. The fourth-order valence-corrected chi connectivity index (χ4v) is 2.57. The fraction of sp³-hybridized carbons (Fsp3) is 0.235. The SMILES string of the molecule is COc1ccc(OCc2nc3c4c(C)c(C)oc4ncn3n2)cc1. The number of aromatic nitrogens is 4. The average Bonchev–Trinajstić information content (AvgIpc) is 3.14. The Hall–Kier alpha value is -3.09. The highest BCUT2D eigenvalue weighted by Gasteiger charge is 2.15. The van der Waals surface area contributed by atoms with Gasteiger partial charge in [-0.15, -0.1) is 5.10 Å². The Morgan fingerprint density at radius 2 is 1.88 bits per heavy atom. The smallest absolute Gasteiger partial charge is 0.231 e. The van der Waals surface area contributed by atoms with Crippen LogP contribution in [-0.2, 0) is 6.61 Å². The third-order valence-electron chi connectivity index (χ3n) is 3.98. The van der Waals surface area contributed by atoms with E-state index in [0.29, 0.717) is 11.5 Å². The van der Waals surface area contributed by atoms with Crippen molar-refractivity contribution in [1.82, 2.24) is 19.6 Å². The molecule has 0 bridgehead atoms. The van der Waals surface area contributed by atoms with Crippen LogP contribution in [0.25, 0.3) is 16.7 Å². The molecule has 4 rings (SSSR count). The average molecular weight is 324 g/mol. The van der Waals surface area contributed by atoms with Crippen molar-refractivity contribution in [3.8, 4) is 11.5 Å². The lowest BCUT2D eigenvalue weighted by Crippen LogP contribution is -1.98. The molecule has 0 unspecified atom stereocenters. The van der Waals surface area contributed by atoms with Crippen molar-refractivity contribution in [3.63, 3.8) is 0 Å². The molecule has 0 fully saturated rings. The van der Waals surface area contributed by atoms with Crippen LogP contribution in [0.5, 0.6) is 11.5 Å². The maximum atomic E-state index is 5.73. The highest BCUT2D eigenvalue weighted by atomic mass is 16.5. The van der Waals surface area contributed by atoms with Crippen LogP contribution in [0.15, 0.2) is 35.0 Å². The number of furan rings is 1. The van der Waals surface area contributed by atoms with Gasteiger partial charge < -0.3 is 13.9 Å². The molecule has 122 valence electrons. The van der Waals surface area contributed by atoms with Crippen molar-refractivity contribution < 1.29 is 13.9 Å². The van der Waals surface area contributed by atoms with E-state index in [0.717, 1.165) is 33.9 Å². The van der Waals surface area contributed by atoms with Gasteiger partial charge in [0.05, 0.1) is 12.5 Å². The van der Waals surface area contributed by atoms with Crippen molar-refractivity contribution in [1.29, 1.82) is 0 Å². The zero-order valence-corrected chi connectivity index (χ0v) is 13.6. The Morgan fingerprint density at radius 1 is 1.12 bits per heavy atom. The maximum absolute atomic E-state index is 5.73. The number of fused-ring (bicyclic) bond motifs is 3. The van der Waals surface area contributed by atoms with E-state index in [1.807, 2.05) is 38.1 Å². The second-order valence-electron chi connectivity index (χ2n) is 5.47. The second kappa shape index (κ2) is 5.52. The molecule has 0 saturated heterocycles. The molecule has 0 aliphatic heterocycles. The minimum absolute atomic E-state index is 0.269. The second-order valence-corrected chi connectivity index (χ2v) is 5.47. The number of ether oxygens (including phenoxy) is 2. The van der Waals surface area contributed by atoms with Crippen molar-refractivity contribution in [2.75, 3.05) is 7.11 Å². The molecule has 3 aromatic heterocycles. The monoisotopic (exact) mass is 324 g/mol. The topological polar surface area (TPSA) is 74.7 Å². The van der Waals surface area contributed by atoms with Crippen LogP contribution in [0, 0.1) is 13.8 Å². The molecule has 4 aromatic rings. The number of rotatable bonds is 4. The van der Waals surface area contributed by atoms with E-state index >= 15 is 0 Å². The van der Waals surface area contributed by atoms with Gasteiger partial charge in [0.1, 0.15) is 30.2 Å². The summed E-state index contributed by atoms with van der Waals surface area (Å²) in [6, 6.07) is 7.38. The molecule has 3 heterocycles. The standard InChI is InChI=1S/C17H16N4O3/c1-10-11(2)24-17-15(10)16-19-14(20-21(16)9-18-17)8-23-13-6-4-12(22-3)5-7-13/h4-7,9H,8H2,1-3H3. The van der Waals surface area contributed by atoms with Gasteiger partial charge in [-0.05, 0) is 38.1 Å². The van der Waals surface area contributed by atoms with Crippen LogP contribution in [0.1, 0.15) is 17.1 Å². The molecular weight excluding hydrogens is 308 g/mol. The van der Waals surface area contributed by atoms with E-state index in [2.05, 4.69) is 15.1 Å². The molecule has 0 spiro atoms. The van der Waals surface area contributed by atoms with Gasteiger partial charge in [-0.3, -0.25) is 0 Å². The lowest BCUT2D eigenvalue weighted by molar-refractivity contribution is 0.295. The first-order valence-corrected chi connectivity index (χ1v) is 7.52. The molecule has 7 nitrogen and oxygen atoms in total. The van der Waals surface area contributed by atoms with Crippen molar-refractivity contribution in [2.24, 2.45) is 0 Å². The number of nitrogens with zero attached hydrogens (tertiary/aromatic N) is 4. The molecule has 0 amide bonds. The Labute approximate surface area is 137 Å². The summed E-state index contributed by atoms with van der Waals surface area (Å²) in [7, 11) is 1.63. The molecule has 7 heteroatoms. The van der Waals surface area contributed by atoms with E-state index < -0.39 is 0 Å². The number of hydrogen-bond donors (Lipinski definition) is 0. The Morgan fingerprint density at radius 3 is 2.62 bits per heavy atom. The highest BCUT2D eigenvalue weighted by Crippen LogP contribution is 2.26. The first-order chi connectivity index (χ1) is 11.7. The van der Waals surface area contributed by atoms with E-state index in [1.54, 1.807) is 18.0 Å². The first kappa shape index (κ1) is 14.5. The van der Waals surface area contributed by atoms with E-state index in [9.17, 15) is 0 Å². The van der Waals surface area contributed by atoms with Gasteiger partial charge in [0.15, 0.2) is 11.5 Å². The van der Waals surface area contributed by atoms with Crippen molar-refractivity contribution >= 4 is 16.7 Å². The van der Waals surface area contributed by atoms with Gasteiger partial charge in [-0.1, -0.05) is 0 Å². The van der Waals surface area contributed by atoms with Crippen molar-refractivity contribution in [3.05, 3.63) is 47.7 Å². The zero-order valence-electron chi connectivity index (χ0n) is 13.6. The summed E-state index contributed by atoms with van der Waals surface area (Å²) in [6.07, 6.45) is 1.60. The molecular formula is C17H16N4O3. The predicted molar refractivity (Wildman–Crippen MR) is 87.4 cm³/mol. The van der Waals surface area contributed by atoms with Crippen LogP contribution in [0.2, 0.25) is 0 Å². The summed E-state index contributed by atoms with van der Waals surface area (Å²) < 4.78 is 18.1. The first-order valence-electron chi connectivity index (χ1n) is 7.52. The predicted octanol–water partition coefficient (Wildman–Crippen LogP) is 3.07. The third-order valence-corrected chi connectivity index (χ3v) is 3.98. The third kappa shape index (κ3) is 2.34. The van der Waals surface area contributed by atoms with Crippen LogP contribution in [0.3, 0.4) is 0 Å². The van der Waals surface area contributed by atoms with Crippen LogP contribution >= 0.6 is 0 Å². The molecule has 0 N–H and O–H groups in total. The summed E-state index contributed by atoms with van der Waals surface area (Å²) in [5, 5.41) is 5.30. The van der Waals surface area contributed by atoms with Crippen LogP contribution < -0.4 is 9.47 Å². The summed E-state index contributed by atoms with van der Waals surface area (Å²) in [5.74, 6) is 2.93. The van der Waals surface area contributed by atoms with Gasteiger partial charge in [0.2, 0.25) is 5.71 Å². The van der Waals surface area contributed by atoms with Gasteiger partial charge >= 0.3 is 0 Å². The molecule has 0 radical (unpaired) electrons. The minimum Gasteiger partial charge on any atom is -0.497 e. The van der Waals surface area contributed by atoms with E-state index in [1.165, 1.54) is 0 Å². The van der Waals surface area contributed by atoms with Gasteiger partial charge in [0, 0.05) is 5.56 Å². The highest BCUT2D eigenvalue weighted by molar-refractivity contribution is 5.91. The lowest BCUT2D eigenvalue weighted by atomic mass is 10.2. The van der Waals surface area contributed by atoms with Gasteiger partial charge in [-0.2, -0.15) is 0 Å².